The van der Waals surface area contributed by atoms with Crippen LogP contribution < -0.4 is 4.74 Å². The molecule has 2 bridgehead atoms. The third kappa shape index (κ3) is 2.52. The number of rotatable bonds is 3. The number of hydrogen-bond donors (Lipinski definition) is 1. The van der Waals surface area contributed by atoms with E-state index in [9.17, 15) is 14.7 Å². The van der Waals surface area contributed by atoms with E-state index in [0.29, 0.717) is 12.2 Å². The second kappa shape index (κ2) is 6.20. The molecule has 1 N–H and O–H groups in total. The molecular formula is C24H20O4. The number of aliphatic carboxylic acids is 1. The molecule has 0 aliphatic heterocycles. The van der Waals surface area contributed by atoms with Crippen molar-refractivity contribution in [3.63, 3.8) is 0 Å². The van der Waals surface area contributed by atoms with E-state index in [4.69, 9.17) is 4.74 Å². The second-order valence-corrected chi connectivity index (χ2v) is 7.91. The molecule has 2 aliphatic carbocycles. The smallest absolute Gasteiger partial charge is 0.315 e. The zero-order valence-corrected chi connectivity index (χ0v) is 15.5. The van der Waals surface area contributed by atoms with Gasteiger partial charge in [0.05, 0.1) is 11.8 Å². The molecule has 4 nitrogen and oxygen atoms in total. The lowest BCUT2D eigenvalue weighted by Gasteiger charge is -2.23. The van der Waals surface area contributed by atoms with Crippen LogP contribution in [-0.4, -0.2) is 17.0 Å². The van der Waals surface area contributed by atoms with Gasteiger partial charge in [-0.1, -0.05) is 54.1 Å². The Morgan fingerprint density at radius 1 is 0.929 bits per heavy atom. The molecule has 0 amide bonds. The Balaban J connectivity index is 1.62. The minimum atomic E-state index is -0.919. The summed E-state index contributed by atoms with van der Waals surface area (Å²) in [7, 11) is 0. The summed E-state index contributed by atoms with van der Waals surface area (Å²) in [5.41, 5.74) is 1.08. The van der Waals surface area contributed by atoms with E-state index in [1.165, 1.54) is 0 Å². The molecule has 4 atom stereocenters. The number of carboxylic acid groups (broad SMARTS) is 1. The highest BCUT2D eigenvalue weighted by Crippen LogP contribution is 2.49. The fourth-order valence-corrected chi connectivity index (χ4v) is 4.89. The van der Waals surface area contributed by atoms with Crippen LogP contribution in [0.5, 0.6) is 5.75 Å². The molecule has 0 radical (unpaired) electrons. The SMILES string of the molecule is Cc1ccc2cc3ccccc3c(OC(=O)C3C4C=CC(C4)C3C(=O)O)c2c1. The van der Waals surface area contributed by atoms with Gasteiger partial charge in [0.2, 0.25) is 0 Å². The van der Waals surface area contributed by atoms with Crippen molar-refractivity contribution in [2.75, 3.05) is 0 Å². The second-order valence-electron chi connectivity index (χ2n) is 7.91. The lowest BCUT2D eigenvalue weighted by molar-refractivity contribution is -0.152. The summed E-state index contributed by atoms with van der Waals surface area (Å²) >= 11 is 0. The Morgan fingerprint density at radius 2 is 1.64 bits per heavy atom. The first kappa shape index (κ1) is 17.0. The zero-order chi connectivity index (χ0) is 19.4. The number of ether oxygens (including phenoxy) is 1. The fraction of sp³-hybridized carbons (Fsp3) is 0.250. The largest absolute Gasteiger partial charge is 0.481 e. The minimum absolute atomic E-state index is 0.0541. The fourth-order valence-electron chi connectivity index (χ4n) is 4.89. The van der Waals surface area contributed by atoms with Gasteiger partial charge in [0.15, 0.2) is 0 Å². The Bertz CT molecular complexity index is 1160. The summed E-state index contributed by atoms with van der Waals surface area (Å²) in [5.74, 6) is -2.30. The molecule has 1 saturated carbocycles. The highest BCUT2D eigenvalue weighted by Gasteiger charge is 2.52. The molecule has 1 fully saturated rings. The molecule has 3 aromatic carbocycles. The van der Waals surface area contributed by atoms with Crippen molar-refractivity contribution in [3.8, 4) is 5.75 Å². The zero-order valence-electron chi connectivity index (χ0n) is 15.5. The van der Waals surface area contributed by atoms with Crippen molar-refractivity contribution in [2.24, 2.45) is 23.7 Å². The number of esters is 1. The topological polar surface area (TPSA) is 63.6 Å². The number of carboxylic acids is 1. The Kier molecular flexibility index (Phi) is 3.76. The van der Waals surface area contributed by atoms with E-state index >= 15 is 0 Å². The first-order valence-electron chi connectivity index (χ1n) is 9.58. The van der Waals surface area contributed by atoms with Crippen molar-refractivity contribution < 1.29 is 19.4 Å². The number of hydrogen-bond acceptors (Lipinski definition) is 3. The predicted octanol–water partition coefficient (Wildman–Crippen LogP) is 4.73. The van der Waals surface area contributed by atoms with Crippen LogP contribution in [0.4, 0.5) is 0 Å². The minimum Gasteiger partial charge on any atom is -0.481 e. The molecule has 0 heterocycles. The third-order valence-corrected chi connectivity index (χ3v) is 6.19. The van der Waals surface area contributed by atoms with Gasteiger partial charge in [-0.3, -0.25) is 9.59 Å². The molecule has 3 aromatic rings. The highest BCUT2D eigenvalue weighted by molar-refractivity contribution is 6.07. The van der Waals surface area contributed by atoms with Crippen LogP contribution in [0.2, 0.25) is 0 Å². The van der Waals surface area contributed by atoms with Crippen LogP contribution in [0.1, 0.15) is 12.0 Å². The van der Waals surface area contributed by atoms with Crippen molar-refractivity contribution in [3.05, 3.63) is 66.2 Å². The van der Waals surface area contributed by atoms with Crippen LogP contribution in [0, 0.1) is 30.6 Å². The number of aryl methyl sites for hydroxylation is 1. The van der Waals surface area contributed by atoms with Gasteiger partial charge >= 0.3 is 11.9 Å². The number of carbonyl (C=O) groups excluding carboxylic acids is 1. The van der Waals surface area contributed by atoms with E-state index in [1.54, 1.807) is 0 Å². The summed E-state index contributed by atoms with van der Waals surface area (Å²) in [6, 6.07) is 16.0. The van der Waals surface area contributed by atoms with Crippen LogP contribution >= 0.6 is 0 Å². The maximum absolute atomic E-state index is 13.2. The first-order valence-corrected chi connectivity index (χ1v) is 9.58. The van der Waals surface area contributed by atoms with Gasteiger partial charge in [-0.25, -0.2) is 0 Å². The molecule has 2 aliphatic rings. The summed E-state index contributed by atoms with van der Waals surface area (Å²) in [6.45, 7) is 2.00. The normalized spacial score (nSPS) is 25.5. The maximum Gasteiger partial charge on any atom is 0.315 e. The van der Waals surface area contributed by atoms with Crippen LogP contribution in [0.15, 0.2) is 60.7 Å². The summed E-state index contributed by atoms with van der Waals surface area (Å²) < 4.78 is 5.98. The predicted molar refractivity (Wildman–Crippen MR) is 107 cm³/mol. The number of fused-ring (bicyclic) bond motifs is 4. The molecule has 4 unspecified atom stereocenters. The monoisotopic (exact) mass is 372 g/mol. The van der Waals surface area contributed by atoms with Crippen molar-refractivity contribution >= 4 is 33.5 Å². The van der Waals surface area contributed by atoms with Gasteiger partial charge in [0.1, 0.15) is 5.75 Å². The molecule has 4 heteroatoms. The maximum atomic E-state index is 13.2. The lowest BCUT2D eigenvalue weighted by Crippen LogP contribution is -2.35. The van der Waals surface area contributed by atoms with Crippen LogP contribution in [0.3, 0.4) is 0 Å². The van der Waals surface area contributed by atoms with E-state index < -0.39 is 23.8 Å². The number of benzene rings is 3. The van der Waals surface area contributed by atoms with Crippen molar-refractivity contribution in [1.29, 1.82) is 0 Å². The van der Waals surface area contributed by atoms with E-state index in [1.807, 2.05) is 61.5 Å². The Morgan fingerprint density at radius 3 is 2.43 bits per heavy atom. The average molecular weight is 372 g/mol. The van der Waals surface area contributed by atoms with Gasteiger partial charge in [0.25, 0.3) is 0 Å². The van der Waals surface area contributed by atoms with Crippen LogP contribution in [0.25, 0.3) is 21.5 Å². The summed E-state index contributed by atoms with van der Waals surface area (Å²) in [6.07, 6.45) is 4.62. The Hall–Kier alpha value is -3.14. The molecule has 5 rings (SSSR count). The van der Waals surface area contributed by atoms with Gasteiger partial charge in [-0.05, 0) is 48.1 Å². The van der Waals surface area contributed by atoms with E-state index in [0.717, 1.165) is 27.1 Å². The lowest BCUT2D eigenvalue weighted by atomic mass is 9.83. The summed E-state index contributed by atoms with van der Waals surface area (Å²) in [4.78, 5) is 25.0. The van der Waals surface area contributed by atoms with E-state index in [-0.39, 0.29) is 11.8 Å². The number of allylic oxidation sites excluding steroid dienone is 2. The summed E-state index contributed by atoms with van der Waals surface area (Å²) in [5, 5.41) is 13.4. The van der Waals surface area contributed by atoms with Gasteiger partial charge in [-0.2, -0.15) is 0 Å². The quantitative estimate of drug-likeness (QED) is 0.312. The molecular weight excluding hydrogens is 352 g/mol. The highest BCUT2D eigenvalue weighted by atomic mass is 16.5. The van der Waals surface area contributed by atoms with Crippen LogP contribution in [-0.2, 0) is 9.59 Å². The molecule has 140 valence electrons. The standard InChI is InChI=1S/C24H20O4/c1-13-6-7-15-11-14-4-2-3-5-18(14)22(19(15)10-13)28-24(27)21-17-9-8-16(12-17)20(21)23(25)26/h2-11,16-17,20-21H,12H2,1H3,(H,25,26). The molecule has 0 spiro atoms. The molecule has 0 aromatic heterocycles. The van der Waals surface area contributed by atoms with Gasteiger partial charge < -0.3 is 9.84 Å². The Labute approximate surface area is 162 Å². The molecule has 0 saturated heterocycles. The van der Waals surface area contributed by atoms with Crippen molar-refractivity contribution in [1.82, 2.24) is 0 Å². The van der Waals surface area contributed by atoms with Gasteiger partial charge in [0, 0.05) is 10.8 Å². The molecule has 28 heavy (non-hydrogen) atoms. The first-order chi connectivity index (χ1) is 13.5. The van der Waals surface area contributed by atoms with Gasteiger partial charge in [-0.15, -0.1) is 0 Å². The third-order valence-electron chi connectivity index (χ3n) is 6.19. The van der Waals surface area contributed by atoms with E-state index in [2.05, 4.69) is 6.07 Å². The number of carbonyl (C=O) groups is 2. The average Bonchev–Trinajstić information content (AvgIpc) is 3.29. The van der Waals surface area contributed by atoms with Crippen molar-refractivity contribution in [2.45, 2.75) is 13.3 Å².